The highest BCUT2D eigenvalue weighted by Gasteiger charge is 2.19. The number of nitrogens with one attached hydrogen (secondary N) is 3. The Morgan fingerprint density at radius 3 is 2.51 bits per heavy atom. The van der Waals surface area contributed by atoms with Gasteiger partial charge in [-0.25, -0.2) is 18.9 Å². The Hall–Kier alpha value is -5.13. The predicted octanol–water partition coefficient (Wildman–Crippen LogP) is 5.57. The molecular weight excluding hydrogens is 525 g/mol. The number of nitrogens with zero attached hydrogens (tertiary/aromatic N) is 6. The molecule has 210 valence electrons. The molecular formula is C29H30FN9O2. The minimum atomic E-state index is -0.674. The highest BCUT2D eigenvalue weighted by molar-refractivity contribution is 6.00. The normalized spacial score (nSPS) is 11.3. The van der Waals surface area contributed by atoms with E-state index in [1.165, 1.54) is 18.2 Å². The predicted molar refractivity (Wildman–Crippen MR) is 157 cm³/mol. The molecule has 5 aromatic rings. The fourth-order valence-electron chi connectivity index (χ4n) is 4.43. The Balaban J connectivity index is 1.49. The van der Waals surface area contributed by atoms with Crippen LogP contribution in [-0.4, -0.2) is 42.4 Å². The summed E-state index contributed by atoms with van der Waals surface area (Å²) in [6, 6.07) is 10.3. The molecule has 0 spiro atoms. The third-order valence-corrected chi connectivity index (χ3v) is 6.49. The van der Waals surface area contributed by atoms with Crippen molar-refractivity contribution in [3.8, 4) is 16.8 Å². The summed E-state index contributed by atoms with van der Waals surface area (Å²) in [5.74, 6) is 0.243. The number of urea groups is 1. The van der Waals surface area contributed by atoms with Gasteiger partial charge in [-0.2, -0.15) is 10.1 Å². The number of hydrogen-bond donors (Lipinski definition) is 3. The highest BCUT2D eigenvalue weighted by atomic mass is 19.1. The number of aromatic nitrogens is 6. The first-order valence-corrected chi connectivity index (χ1v) is 13.1. The summed E-state index contributed by atoms with van der Waals surface area (Å²) < 4.78 is 18.0. The van der Waals surface area contributed by atoms with Crippen molar-refractivity contribution in [3.63, 3.8) is 0 Å². The van der Waals surface area contributed by atoms with E-state index in [0.717, 1.165) is 5.69 Å². The van der Waals surface area contributed by atoms with Crippen molar-refractivity contribution in [2.24, 2.45) is 0 Å². The molecule has 3 N–H and O–H groups in total. The molecule has 0 saturated heterocycles. The number of rotatable bonds is 7. The summed E-state index contributed by atoms with van der Waals surface area (Å²) >= 11 is 0. The molecule has 0 aliphatic rings. The summed E-state index contributed by atoms with van der Waals surface area (Å²) in [5, 5.41) is 13.4. The lowest BCUT2D eigenvalue weighted by Gasteiger charge is -2.16. The average Bonchev–Trinajstić information content (AvgIpc) is 3.38. The van der Waals surface area contributed by atoms with Crippen molar-refractivity contribution in [2.75, 3.05) is 23.0 Å². The number of fused-ring (bicyclic) bond motifs is 1. The van der Waals surface area contributed by atoms with Crippen LogP contribution < -0.4 is 21.5 Å². The van der Waals surface area contributed by atoms with E-state index < -0.39 is 11.8 Å². The summed E-state index contributed by atoms with van der Waals surface area (Å²) in [6.45, 7) is 7.75. The molecule has 0 radical (unpaired) electrons. The fourth-order valence-corrected chi connectivity index (χ4v) is 4.43. The van der Waals surface area contributed by atoms with Crippen LogP contribution in [-0.2, 0) is 0 Å². The molecule has 0 bridgehead atoms. The van der Waals surface area contributed by atoms with Gasteiger partial charge in [-0.1, -0.05) is 19.9 Å². The van der Waals surface area contributed by atoms with E-state index in [9.17, 15) is 14.0 Å². The molecule has 12 heteroatoms. The maximum absolute atomic E-state index is 14.9. The number of halogens is 1. The van der Waals surface area contributed by atoms with E-state index in [1.54, 1.807) is 53.1 Å². The van der Waals surface area contributed by atoms with Gasteiger partial charge in [-0.3, -0.25) is 19.7 Å². The van der Waals surface area contributed by atoms with E-state index in [-0.39, 0.29) is 23.2 Å². The largest absolute Gasteiger partial charge is 0.357 e. The first-order valence-electron chi connectivity index (χ1n) is 13.1. The van der Waals surface area contributed by atoms with Crippen molar-refractivity contribution in [1.82, 2.24) is 29.3 Å². The van der Waals surface area contributed by atoms with Crippen molar-refractivity contribution in [3.05, 3.63) is 82.9 Å². The number of pyridine rings is 2. The van der Waals surface area contributed by atoms with Gasteiger partial charge in [0.25, 0.3) is 5.56 Å². The molecule has 0 saturated carbocycles. The Morgan fingerprint density at radius 1 is 1.02 bits per heavy atom. The minimum Gasteiger partial charge on any atom is -0.357 e. The molecule has 0 atom stereocenters. The molecule has 4 aromatic heterocycles. The minimum absolute atomic E-state index is 0.0890. The second-order valence-corrected chi connectivity index (χ2v) is 10.1. The van der Waals surface area contributed by atoms with Gasteiger partial charge < -0.3 is 10.6 Å². The van der Waals surface area contributed by atoms with E-state index in [1.807, 2.05) is 33.8 Å². The maximum atomic E-state index is 14.9. The number of carbonyl (C=O) groups excluding carboxylic acids is 1. The van der Waals surface area contributed by atoms with E-state index in [4.69, 9.17) is 0 Å². The van der Waals surface area contributed by atoms with Crippen LogP contribution >= 0.6 is 0 Å². The van der Waals surface area contributed by atoms with E-state index in [2.05, 4.69) is 36.0 Å². The zero-order valence-corrected chi connectivity index (χ0v) is 23.3. The highest BCUT2D eigenvalue weighted by Crippen LogP contribution is 2.27. The molecule has 41 heavy (non-hydrogen) atoms. The molecule has 11 nitrogen and oxygen atoms in total. The van der Waals surface area contributed by atoms with Crippen LogP contribution in [0, 0.1) is 5.82 Å². The van der Waals surface area contributed by atoms with E-state index >= 15 is 0 Å². The summed E-state index contributed by atoms with van der Waals surface area (Å²) in [7, 11) is 1.70. The smallest absolute Gasteiger partial charge is 0.324 e. The number of carbonyl (C=O) groups is 1. The van der Waals surface area contributed by atoms with Gasteiger partial charge in [0.2, 0.25) is 5.95 Å². The fraction of sp³-hybridized carbons (Fsp3) is 0.241. The number of benzene rings is 1. The van der Waals surface area contributed by atoms with Crippen LogP contribution in [0.15, 0.2) is 65.8 Å². The monoisotopic (exact) mass is 555 g/mol. The van der Waals surface area contributed by atoms with Crippen LogP contribution in [0.2, 0.25) is 0 Å². The average molecular weight is 556 g/mol. The molecule has 5 rings (SSSR count). The molecule has 0 fully saturated rings. The quantitative estimate of drug-likeness (QED) is 0.239. The van der Waals surface area contributed by atoms with Crippen molar-refractivity contribution in [1.29, 1.82) is 0 Å². The lowest BCUT2D eigenvalue weighted by Crippen LogP contribution is -2.25. The van der Waals surface area contributed by atoms with Gasteiger partial charge in [0.15, 0.2) is 0 Å². The second kappa shape index (κ2) is 11.2. The topological polar surface area (TPSA) is 132 Å². The zero-order valence-electron chi connectivity index (χ0n) is 23.3. The van der Waals surface area contributed by atoms with Gasteiger partial charge in [0, 0.05) is 42.5 Å². The van der Waals surface area contributed by atoms with Crippen LogP contribution in [0.25, 0.3) is 27.8 Å². The maximum Gasteiger partial charge on any atom is 0.324 e. The third-order valence-electron chi connectivity index (χ3n) is 6.49. The molecule has 0 aliphatic heterocycles. The third kappa shape index (κ3) is 5.49. The van der Waals surface area contributed by atoms with Gasteiger partial charge in [0.1, 0.15) is 17.3 Å². The standard InChI is InChI=1S/C29H30FN9O2/c1-16(2)23-13-25(39(37-23)20-7-6-10-32-15-20)35-29(41)34-24-12-18(8-9-22(24)30)21-11-19-14-33-28(31-5)36-26(19)38(17(3)4)27(21)40/h6-17H,1-5H3,(H,31,33,36)(H2,34,35,41). The second-order valence-electron chi connectivity index (χ2n) is 10.1. The Bertz CT molecular complexity index is 1800. The lowest BCUT2D eigenvalue weighted by atomic mass is 10.0. The van der Waals surface area contributed by atoms with Gasteiger partial charge >= 0.3 is 6.03 Å². The van der Waals surface area contributed by atoms with Crippen LogP contribution in [0.3, 0.4) is 0 Å². The summed E-state index contributed by atoms with van der Waals surface area (Å²) in [6.07, 6.45) is 4.90. The van der Waals surface area contributed by atoms with Crippen LogP contribution in [0.5, 0.6) is 0 Å². The molecule has 0 aliphatic carbocycles. The van der Waals surface area contributed by atoms with Crippen LogP contribution in [0.4, 0.5) is 26.6 Å². The molecule has 0 unspecified atom stereocenters. The Labute approximate surface area is 235 Å². The summed E-state index contributed by atoms with van der Waals surface area (Å²) in [5.41, 5.74) is 2.28. The number of hydrogen-bond acceptors (Lipinski definition) is 7. The number of amides is 2. The van der Waals surface area contributed by atoms with Gasteiger partial charge in [0.05, 0.1) is 23.3 Å². The lowest BCUT2D eigenvalue weighted by molar-refractivity contribution is 0.262. The van der Waals surface area contributed by atoms with Gasteiger partial charge in [-0.15, -0.1) is 0 Å². The van der Waals surface area contributed by atoms with Gasteiger partial charge in [-0.05, 0) is 55.7 Å². The number of anilines is 3. The first kappa shape index (κ1) is 27.4. The summed E-state index contributed by atoms with van der Waals surface area (Å²) in [4.78, 5) is 39.5. The van der Waals surface area contributed by atoms with E-state index in [0.29, 0.717) is 39.6 Å². The zero-order chi connectivity index (χ0) is 29.3. The van der Waals surface area contributed by atoms with Crippen LogP contribution in [0.1, 0.15) is 45.3 Å². The SMILES string of the molecule is CNc1ncc2cc(-c3ccc(F)c(NC(=O)Nc4cc(C(C)C)nn4-c4cccnc4)c3)c(=O)n(C(C)C)c2n1. The van der Waals surface area contributed by atoms with Crippen molar-refractivity contribution >= 4 is 34.5 Å². The van der Waals surface area contributed by atoms with Crippen molar-refractivity contribution in [2.45, 2.75) is 39.7 Å². The molecule has 1 aromatic carbocycles. The Kier molecular flexibility index (Phi) is 7.47. The molecule has 4 heterocycles. The first-order chi connectivity index (χ1) is 19.7. The molecule has 2 amide bonds. The van der Waals surface area contributed by atoms with Crippen molar-refractivity contribution < 1.29 is 9.18 Å². The Morgan fingerprint density at radius 2 is 1.83 bits per heavy atom.